The summed E-state index contributed by atoms with van der Waals surface area (Å²) >= 11 is 3.31. The molecule has 1 aliphatic heterocycles. The summed E-state index contributed by atoms with van der Waals surface area (Å²) in [5.74, 6) is -1.16. The zero-order chi connectivity index (χ0) is 24.2. The van der Waals surface area contributed by atoms with Crippen LogP contribution >= 0.6 is 15.9 Å². The van der Waals surface area contributed by atoms with Crippen molar-refractivity contribution in [2.45, 2.75) is 77.5 Å². The molecule has 1 saturated carbocycles. The number of methoxy groups -OCH3 is 1. The predicted octanol–water partition coefficient (Wildman–Crippen LogP) is 3.90. The molecule has 1 saturated heterocycles. The van der Waals surface area contributed by atoms with Crippen molar-refractivity contribution in [2.75, 3.05) is 13.7 Å². The smallest absolute Gasteiger partial charge is 0.328 e. The second-order valence-corrected chi connectivity index (χ2v) is 10.7. The van der Waals surface area contributed by atoms with Gasteiger partial charge in [0.1, 0.15) is 28.6 Å². The van der Waals surface area contributed by atoms with Crippen LogP contribution in [0.15, 0.2) is 22.9 Å². The van der Waals surface area contributed by atoms with E-state index in [1.165, 1.54) is 12.0 Å². The van der Waals surface area contributed by atoms with Gasteiger partial charge < -0.3 is 19.1 Å². The van der Waals surface area contributed by atoms with Crippen molar-refractivity contribution in [3.8, 4) is 5.75 Å². The Balaban J connectivity index is 1.75. The molecule has 2 fully saturated rings. The summed E-state index contributed by atoms with van der Waals surface area (Å²) in [5.41, 5.74) is -0.499. The molecule has 1 aromatic heterocycles. The number of carbonyl (C=O) groups is 3. The van der Waals surface area contributed by atoms with Gasteiger partial charge in [-0.15, -0.1) is 0 Å². The normalized spacial score (nSPS) is 22.2. The van der Waals surface area contributed by atoms with Gasteiger partial charge in [-0.25, -0.2) is 9.78 Å². The maximum absolute atomic E-state index is 13.7. The fraction of sp³-hybridized carbons (Fsp3) is 0.667. The molecule has 9 heteroatoms. The first-order valence-corrected chi connectivity index (χ1v) is 12.2. The van der Waals surface area contributed by atoms with Crippen molar-refractivity contribution in [1.29, 1.82) is 0 Å². The SMILES string of the molecule is COC(=O)[C@@H]1C[C@@H](Oc2ccnc(Br)c2)CN1C(=O)[C@@H](CC(=O)OC1CCCC1)C(C)(C)C. The molecule has 0 N–H and O–H groups in total. The minimum absolute atomic E-state index is 0.0218. The third-order valence-corrected chi connectivity index (χ3v) is 6.77. The summed E-state index contributed by atoms with van der Waals surface area (Å²) < 4.78 is 17.3. The summed E-state index contributed by atoms with van der Waals surface area (Å²) in [6, 6.07) is 2.68. The molecule has 3 atom stereocenters. The number of hydrogen-bond acceptors (Lipinski definition) is 7. The van der Waals surface area contributed by atoms with Crippen LogP contribution in [0.2, 0.25) is 0 Å². The monoisotopic (exact) mass is 524 g/mol. The van der Waals surface area contributed by atoms with Crippen molar-refractivity contribution >= 4 is 33.8 Å². The van der Waals surface area contributed by atoms with Crippen molar-refractivity contribution in [2.24, 2.45) is 11.3 Å². The first-order valence-electron chi connectivity index (χ1n) is 11.4. The van der Waals surface area contributed by atoms with E-state index in [1.54, 1.807) is 18.3 Å². The van der Waals surface area contributed by atoms with Crippen LogP contribution in [0.5, 0.6) is 5.75 Å². The molecule has 0 radical (unpaired) electrons. The van der Waals surface area contributed by atoms with E-state index < -0.39 is 29.4 Å². The summed E-state index contributed by atoms with van der Waals surface area (Å²) in [4.78, 5) is 44.5. The van der Waals surface area contributed by atoms with E-state index in [1.807, 2.05) is 20.8 Å². The third-order valence-electron chi connectivity index (χ3n) is 6.33. The Morgan fingerprint density at radius 1 is 1.21 bits per heavy atom. The van der Waals surface area contributed by atoms with E-state index in [2.05, 4.69) is 20.9 Å². The van der Waals surface area contributed by atoms with Crippen molar-refractivity contribution in [3.63, 3.8) is 0 Å². The number of rotatable bonds is 7. The van der Waals surface area contributed by atoms with Crippen LogP contribution in [-0.2, 0) is 23.9 Å². The molecule has 0 aromatic carbocycles. The molecule has 2 heterocycles. The van der Waals surface area contributed by atoms with Crippen molar-refractivity contribution in [1.82, 2.24) is 9.88 Å². The predicted molar refractivity (Wildman–Crippen MR) is 124 cm³/mol. The number of likely N-dealkylation sites (tertiary alicyclic amines) is 1. The number of pyridine rings is 1. The number of nitrogens with zero attached hydrogens (tertiary/aromatic N) is 2. The Morgan fingerprint density at radius 3 is 2.52 bits per heavy atom. The Bertz CT molecular complexity index is 865. The molecular formula is C24H33BrN2O6. The van der Waals surface area contributed by atoms with E-state index in [4.69, 9.17) is 14.2 Å². The largest absolute Gasteiger partial charge is 0.488 e. The molecule has 182 valence electrons. The number of carbonyl (C=O) groups excluding carboxylic acids is 3. The number of ether oxygens (including phenoxy) is 3. The van der Waals surface area contributed by atoms with Crippen LogP contribution in [0.25, 0.3) is 0 Å². The zero-order valence-corrected chi connectivity index (χ0v) is 21.3. The van der Waals surface area contributed by atoms with Gasteiger partial charge in [0, 0.05) is 18.7 Å². The van der Waals surface area contributed by atoms with Gasteiger partial charge >= 0.3 is 11.9 Å². The minimum atomic E-state index is -0.770. The number of hydrogen-bond donors (Lipinski definition) is 0. The first kappa shape index (κ1) is 25.5. The summed E-state index contributed by atoms with van der Waals surface area (Å²) in [6.07, 6.45) is 5.32. The van der Waals surface area contributed by atoms with Gasteiger partial charge in [0.25, 0.3) is 0 Å². The average Bonchev–Trinajstić information content (AvgIpc) is 3.40. The summed E-state index contributed by atoms with van der Waals surface area (Å²) in [7, 11) is 1.30. The van der Waals surface area contributed by atoms with E-state index in [-0.39, 0.29) is 30.9 Å². The lowest BCUT2D eigenvalue weighted by Gasteiger charge is -2.34. The molecule has 3 rings (SSSR count). The lowest BCUT2D eigenvalue weighted by atomic mass is 9.77. The summed E-state index contributed by atoms with van der Waals surface area (Å²) in [6.45, 7) is 5.99. The summed E-state index contributed by atoms with van der Waals surface area (Å²) in [5, 5.41) is 0. The van der Waals surface area contributed by atoms with Crippen LogP contribution in [-0.4, -0.2) is 59.6 Å². The average molecular weight is 525 g/mol. The molecular weight excluding hydrogens is 492 g/mol. The van der Waals surface area contributed by atoms with Crippen LogP contribution < -0.4 is 4.74 Å². The van der Waals surface area contributed by atoms with Gasteiger partial charge in [-0.05, 0) is 53.1 Å². The molecule has 1 aromatic rings. The second-order valence-electron chi connectivity index (χ2n) is 9.84. The maximum atomic E-state index is 13.7. The number of amides is 1. The Kier molecular flexibility index (Phi) is 8.37. The van der Waals surface area contributed by atoms with Gasteiger partial charge in [-0.3, -0.25) is 9.59 Å². The standard InChI is InChI=1S/C24H33BrN2O6/c1-24(2,3)18(13-21(28)33-15-7-5-6-8-15)22(29)27-14-17(11-19(27)23(30)31-4)32-16-9-10-26-20(25)12-16/h9-10,12,15,17-19H,5-8,11,13-14H2,1-4H3/t17-,18-,19+/m1/s1. The third kappa shape index (κ3) is 6.68. The van der Waals surface area contributed by atoms with Crippen LogP contribution in [0.3, 0.4) is 0 Å². The fourth-order valence-electron chi connectivity index (χ4n) is 4.51. The van der Waals surface area contributed by atoms with Crippen molar-refractivity contribution < 1.29 is 28.6 Å². The van der Waals surface area contributed by atoms with Gasteiger partial charge in [-0.1, -0.05) is 20.8 Å². The molecule has 0 bridgehead atoms. The van der Waals surface area contributed by atoms with Crippen LogP contribution in [0, 0.1) is 11.3 Å². The Morgan fingerprint density at radius 2 is 1.91 bits per heavy atom. The molecule has 0 unspecified atom stereocenters. The Labute approximate surface area is 203 Å². The number of esters is 2. The maximum Gasteiger partial charge on any atom is 0.328 e. The van der Waals surface area contributed by atoms with E-state index >= 15 is 0 Å². The van der Waals surface area contributed by atoms with Gasteiger partial charge in [0.2, 0.25) is 5.91 Å². The fourth-order valence-corrected chi connectivity index (χ4v) is 4.85. The molecule has 8 nitrogen and oxygen atoms in total. The van der Waals surface area contributed by atoms with E-state index in [9.17, 15) is 14.4 Å². The van der Waals surface area contributed by atoms with E-state index in [0.29, 0.717) is 16.8 Å². The molecule has 0 spiro atoms. The van der Waals surface area contributed by atoms with Crippen LogP contribution in [0.1, 0.15) is 59.3 Å². The van der Waals surface area contributed by atoms with E-state index in [0.717, 1.165) is 25.7 Å². The number of halogens is 1. The minimum Gasteiger partial charge on any atom is -0.488 e. The molecule has 33 heavy (non-hydrogen) atoms. The lowest BCUT2D eigenvalue weighted by molar-refractivity contribution is -0.158. The highest BCUT2D eigenvalue weighted by atomic mass is 79.9. The Hall–Kier alpha value is -2.16. The van der Waals surface area contributed by atoms with Crippen molar-refractivity contribution in [3.05, 3.63) is 22.9 Å². The quantitative estimate of drug-likeness (QED) is 0.394. The highest BCUT2D eigenvalue weighted by Gasteiger charge is 2.46. The molecule has 1 aliphatic carbocycles. The van der Waals surface area contributed by atoms with Gasteiger partial charge in [0.05, 0.1) is 26.0 Å². The highest BCUT2D eigenvalue weighted by Crippen LogP contribution is 2.35. The first-order chi connectivity index (χ1) is 15.6. The van der Waals surface area contributed by atoms with Crippen LogP contribution in [0.4, 0.5) is 0 Å². The molecule has 2 aliphatic rings. The number of aromatic nitrogens is 1. The topological polar surface area (TPSA) is 95.0 Å². The zero-order valence-electron chi connectivity index (χ0n) is 19.7. The highest BCUT2D eigenvalue weighted by molar-refractivity contribution is 9.10. The van der Waals surface area contributed by atoms with Gasteiger partial charge in [-0.2, -0.15) is 0 Å². The lowest BCUT2D eigenvalue weighted by Crippen LogP contribution is -2.47. The molecule has 1 amide bonds. The second kappa shape index (κ2) is 10.8. The van der Waals surface area contributed by atoms with Gasteiger partial charge in [0.15, 0.2) is 0 Å².